The average molecular weight is 586 g/mol. The number of sulfonamides is 1. The van der Waals surface area contributed by atoms with Crippen molar-refractivity contribution in [3.8, 4) is 11.1 Å². The lowest BCUT2D eigenvalue weighted by atomic mass is 9.96. The van der Waals surface area contributed by atoms with E-state index in [4.69, 9.17) is 4.42 Å². The summed E-state index contributed by atoms with van der Waals surface area (Å²) in [4.78, 5) is 28.0. The van der Waals surface area contributed by atoms with E-state index in [9.17, 15) is 23.1 Å². The molecule has 0 spiro atoms. The van der Waals surface area contributed by atoms with E-state index < -0.39 is 38.7 Å². The van der Waals surface area contributed by atoms with Crippen molar-refractivity contribution in [2.24, 2.45) is 5.92 Å². The van der Waals surface area contributed by atoms with Gasteiger partial charge >= 0.3 is 5.97 Å². The van der Waals surface area contributed by atoms with Crippen molar-refractivity contribution in [1.82, 2.24) is 15.0 Å². The van der Waals surface area contributed by atoms with Crippen LogP contribution in [0.25, 0.3) is 27.7 Å². The fourth-order valence-corrected chi connectivity index (χ4v) is 6.80. The monoisotopic (exact) mass is 585 g/mol. The number of amides is 1. The Morgan fingerprint density at radius 2 is 1.76 bits per heavy atom. The predicted molar refractivity (Wildman–Crippen MR) is 161 cm³/mol. The first-order valence-corrected chi connectivity index (χ1v) is 15.0. The number of aromatic nitrogens is 1. The normalized spacial score (nSPS) is 17.7. The Kier molecular flexibility index (Phi) is 7.85. The van der Waals surface area contributed by atoms with Crippen LogP contribution in [0.1, 0.15) is 41.9 Å². The molecule has 0 saturated carbocycles. The number of hydrogen-bond donors (Lipinski definition) is 3. The van der Waals surface area contributed by atoms with Gasteiger partial charge in [0.15, 0.2) is 10.6 Å². The van der Waals surface area contributed by atoms with Crippen LogP contribution in [0.4, 0.5) is 0 Å². The summed E-state index contributed by atoms with van der Waals surface area (Å²) >= 11 is 0. The number of fused-ring (bicyclic) bond motifs is 1. The number of benzene rings is 2. The summed E-state index contributed by atoms with van der Waals surface area (Å²) in [6, 6.07) is 17.2. The van der Waals surface area contributed by atoms with Crippen LogP contribution < -0.4 is 10.0 Å². The molecule has 2 aromatic heterocycles. The lowest BCUT2D eigenvalue weighted by Gasteiger charge is -2.34. The maximum absolute atomic E-state index is 13.9. The van der Waals surface area contributed by atoms with Crippen molar-refractivity contribution in [2.45, 2.75) is 38.1 Å². The van der Waals surface area contributed by atoms with Gasteiger partial charge in [0.05, 0.1) is 0 Å². The van der Waals surface area contributed by atoms with Crippen LogP contribution in [0.15, 0.2) is 95.7 Å². The van der Waals surface area contributed by atoms with Gasteiger partial charge in [0, 0.05) is 35.3 Å². The third-order valence-corrected chi connectivity index (χ3v) is 9.34. The Hall–Kier alpha value is -4.54. The standard InChI is InChI=1S/C32H31N3O6S/c1-20(2)28(31(37)38)35-42(39,40)32(16-14-23(15-17-32)22-9-5-4-6-10-22)34-30(36)29-21(3)27-25(12-7-13-26(27)41-29)24-11-8-18-33-19-24/h4-16,18-20,28,35H,17H2,1-3H3,(H,34,36)(H,37,38)/t28-,32?/m0/s1. The maximum atomic E-state index is 13.9. The number of carbonyl (C=O) groups excluding carboxylic acids is 1. The molecule has 1 aliphatic rings. The zero-order chi connectivity index (χ0) is 30.1. The third-order valence-electron chi connectivity index (χ3n) is 7.42. The highest BCUT2D eigenvalue weighted by molar-refractivity contribution is 7.91. The van der Waals surface area contributed by atoms with Gasteiger partial charge in [-0.2, -0.15) is 4.72 Å². The Morgan fingerprint density at radius 1 is 1.02 bits per heavy atom. The van der Waals surface area contributed by atoms with Crippen LogP contribution in [0.3, 0.4) is 0 Å². The van der Waals surface area contributed by atoms with Gasteiger partial charge in [-0.15, -0.1) is 0 Å². The van der Waals surface area contributed by atoms with Crippen molar-refractivity contribution < 1.29 is 27.5 Å². The van der Waals surface area contributed by atoms with Gasteiger partial charge in [-0.3, -0.25) is 14.6 Å². The molecule has 9 nitrogen and oxygen atoms in total. The van der Waals surface area contributed by atoms with Crippen LogP contribution in [0.5, 0.6) is 0 Å². The molecule has 0 fully saturated rings. The van der Waals surface area contributed by atoms with Gasteiger partial charge in [-0.1, -0.05) is 74.5 Å². The third kappa shape index (κ3) is 5.38. The first-order valence-electron chi connectivity index (χ1n) is 13.5. The summed E-state index contributed by atoms with van der Waals surface area (Å²) in [6.07, 6.45) is 7.97. The minimum absolute atomic E-state index is 0.0409. The second kappa shape index (κ2) is 11.4. The van der Waals surface area contributed by atoms with Gasteiger partial charge in [-0.25, -0.2) is 8.42 Å². The van der Waals surface area contributed by atoms with E-state index in [2.05, 4.69) is 15.0 Å². The second-order valence-corrected chi connectivity index (χ2v) is 12.5. The molecule has 4 aromatic rings. The van der Waals surface area contributed by atoms with E-state index in [0.29, 0.717) is 16.5 Å². The second-order valence-electron chi connectivity index (χ2n) is 10.6. The van der Waals surface area contributed by atoms with E-state index >= 15 is 0 Å². The van der Waals surface area contributed by atoms with Gasteiger partial charge in [-0.05, 0) is 47.8 Å². The van der Waals surface area contributed by atoms with E-state index in [1.165, 1.54) is 6.08 Å². The first kappa shape index (κ1) is 29.0. The number of pyridine rings is 1. The van der Waals surface area contributed by atoms with Gasteiger partial charge in [0.25, 0.3) is 5.91 Å². The summed E-state index contributed by atoms with van der Waals surface area (Å²) in [6.45, 7) is 4.95. The summed E-state index contributed by atoms with van der Waals surface area (Å²) in [5.74, 6) is -2.65. The SMILES string of the molecule is Cc1c(C(=O)NC2(S(=O)(=O)N[C@H](C(=O)O)C(C)C)C=CC(c3ccccc3)=CC2)oc2cccc(-c3cccnc3)c12. The minimum atomic E-state index is -4.48. The molecule has 1 unspecified atom stereocenters. The topological polar surface area (TPSA) is 139 Å². The van der Waals surface area contributed by atoms with Crippen molar-refractivity contribution in [2.75, 3.05) is 0 Å². The zero-order valence-corrected chi connectivity index (χ0v) is 24.2. The molecule has 5 rings (SSSR count). The number of hydrogen-bond acceptors (Lipinski definition) is 6. The number of nitrogens with zero attached hydrogens (tertiary/aromatic N) is 1. The van der Waals surface area contributed by atoms with Crippen molar-refractivity contribution in [1.29, 1.82) is 0 Å². The van der Waals surface area contributed by atoms with Crippen LogP contribution >= 0.6 is 0 Å². The van der Waals surface area contributed by atoms with E-state index in [1.807, 2.05) is 54.6 Å². The fraction of sp³-hybridized carbons (Fsp3) is 0.219. The molecule has 2 aromatic carbocycles. The number of rotatable bonds is 9. The van der Waals surface area contributed by atoms with Crippen LogP contribution in [0, 0.1) is 12.8 Å². The van der Waals surface area contributed by atoms with Crippen LogP contribution in [-0.2, 0) is 14.8 Å². The maximum Gasteiger partial charge on any atom is 0.321 e. The highest BCUT2D eigenvalue weighted by atomic mass is 32.2. The molecular weight excluding hydrogens is 554 g/mol. The molecule has 0 bridgehead atoms. The molecular formula is C32H31N3O6S. The largest absolute Gasteiger partial charge is 0.480 e. The lowest BCUT2D eigenvalue weighted by molar-refractivity contribution is -0.140. The van der Waals surface area contributed by atoms with Crippen LogP contribution in [-0.4, -0.2) is 41.3 Å². The molecule has 42 heavy (non-hydrogen) atoms. The number of aliphatic carboxylic acids is 1. The Bertz CT molecular complexity index is 1810. The number of carbonyl (C=O) groups is 2. The highest BCUT2D eigenvalue weighted by Gasteiger charge is 2.46. The molecule has 3 N–H and O–H groups in total. The minimum Gasteiger partial charge on any atom is -0.480 e. The number of nitrogens with one attached hydrogen (secondary N) is 2. The summed E-state index contributed by atoms with van der Waals surface area (Å²) in [5.41, 5.74) is 4.30. The molecule has 2 atom stereocenters. The van der Waals surface area contributed by atoms with E-state index in [1.54, 1.807) is 51.4 Å². The van der Waals surface area contributed by atoms with Crippen molar-refractivity contribution >= 4 is 38.4 Å². The summed E-state index contributed by atoms with van der Waals surface area (Å²) in [7, 11) is -4.48. The van der Waals surface area contributed by atoms with Crippen molar-refractivity contribution in [3.05, 3.63) is 108 Å². The highest BCUT2D eigenvalue weighted by Crippen LogP contribution is 2.36. The molecule has 1 aliphatic carbocycles. The average Bonchev–Trinajstić information content (AvgIpc) is 3.33. The van der Waals surface area contributed by atoms with E-state index in [-0.39, 0.29) is 12.2 Å². The number of carboxylic acid groups (broad SMARTS) is 1. The van der Waals surface area contributed by atoms with E-state index in [0.717, 1.165) is 22.3 Å². The molecule has 2 heterocycles. The van der Waals surface area contributed by atoms with Gasteiger partial charge in [0.1, 0.15) is 11.6 Å². The Balaban J connectivity index is 1.55. The smallest absolute Gasteiger partial charge is 0.321 e. The predicted octanol–water partition coefficient (Wildman–Crippen LogP) is 5.30. The summed E-state index contributed by atoms with van der Waals surface area (Å²) in [5, 5.41) is 13.1. The Labute approximate surface area is 244 Å². The molecule has 216 valence electrons. The van der Waals surface area contributed by atoms with Gasteiger partial charge in [0.2, 0.25) is 10.0 Å². The zero-order valence-electron chi connectivity index (χ0n) is 23.4. The molecule has 10 heteroatoms. The van der Waals surface area contributed by atoms with Gasteiger partial charge < -0.3 is 14.8 Å². The summed E-state index contributed by atoms with van der Waals surface area (Å²) < 4.78 is 36.2. The first-order chi connectivity index (χ1) is 20.0. The number of allylic oxidation sites excluding steroid dienone is 2. The Morgan fingerprint density at radius 3 is 2.38 bits per heavy atom. The van der Waals surface area contributed by atoms with Crippen molar-refractivity contribution in [3.63, 3.8) is 0 Å². The fourth-order valence-electron chi connectivity index (χ4n) is 5.10. The quantitative estimate of drug-likeness (QED) is 0.242. The molecule has 0 radical (unpaired) electrons. The number of aryl methyl sites for hydroxylation is 1. The lowest BCUT2D eigenvalue weighted by Crippen LogP contribution is -2.60. The number of furan rings is 1. The molecule has 1 amide bonds. The van der Waals surface area contributed by atoms with Crippen LogP contribution in [0.2, 0.25) is 0 Å². The molecule has 0 saturated heterocycles. The number of carboxylic acids is 1. The molecule has 0 aliphatic heterocycles.